The fourth-order valence-electron chi connectivity index (χ4n) is 5.84. The van der Waals surface area contributed by atoms with Crippen LogP contribution in [0.4, 0.5) is 13.2 Å². The molecule has 0 radical (unpaired) electrons. The minimum atomic E-state index is -4.64. The van der Waals surface area contributed by atoms with Gasteiger partial charge in [0.05, 0.1) is 16.5 Å². The van der Waals surface area contributed by atoms with Crippen LogP contribution in [0.25, 0.3) is 0 Å². The highest BCUT2D eigenvalue weighted by Gasteiger charge is 2.37. The molecule has 2 aromatic rings. The molecule has 1 amide bonds. The summed E-state index contributed by atoms with van der Waals surface area (Å²) < 4.78 is 67.6. The van der Waals surface area contributed by atoms with Gasteiger partial charge in [0, 0.05) is 25.6 Å². The fourth-order valence-corrected chi connectivity index (χ4v) is 7.58. The monoisotopic (exact) mass is 549 g/mol. The van der Waals surface area contributed by atoms with E-state index in [-0.39, 0.29) is 24.9 Å². The lowest BCUT2D eigenvalue weighted by atomic mass is 9.86. The van der Waals surface area contributed by atoms with Gasteiger partial charge in [0.15, 0.2) is 0 Å². The van der Waals surface area contributed by atoms with Crippen LogP contribution in [0, 0.1) is 0 Å². The number of benzene rings is 2. The second-order valence-electron chi connectivity index (χ2n) is 10.7. The van der Waals surface area contributed by atoms with Crippen molar-refractivity contribution in [3.05, 3.63) is 64.7 Å². The number of fused-ring (bicyclic) bond motifs is 1. The van der Waals surface area contributed by atoms with Crippen LogP contribution in [-0.4, -0.2) is 49.2 Å². The Labute approximate surface area is 222 Å². The van der Waals surface area contributed by atoms with E-state index in [0.29, 0.717) is 18.9 Å². The summed E-state index contributed by atoms with van der Waals surface area (Å²) in [7, 11) is -4.18. The maximum Gasteiger partial charge on any atom is 0.416 e. The molecule has 2 aliphatic heterocycles. The molecule has 2 heterocycles. The van der Waals surface area contributed by atoms with Crippen molar-refractivity contribution in [2.75, 3.05) is 19.6 Å². The van der Waals surface area contributed by atoms with E-state index in [1.165, 1.54) is 27.9 Å². The summed E-state index contributed by atoms with van der Waals surface area (Å²) in [5.74, 6) is -0.233. The molecule has 5 rings (SSSR count). The molecule has 3 aliphatic rings. The molecule has 1 N–H and O–H groups in total. The fraction of sp³-hybridized carbons (Fsp3) is 0.536. The topological polar surface area (TPSA) is 69.7 Å². The molecular weight excluding hydrogens is 515 g/mol. The number of carbonyl (C=O) groups excluding carboxylic acids is 1. The third-order valence-corrected chi connectivity index (χ3v) is 9.92. The molecule has 0 aromatic heterocycles. The summed E-state index contributed by atoms with van der Waals surface area (Å²) in [5.41, 5.74) is 2.65. The van der Waals surface area contributed by atoms with Gasteiger partial charge in [-0.3, -0.25) is 9.69 Å². The molecule has 0 bridgehead atoms. The first-order valence-electron chi connectivity index (χ1n) is 13.4. The molecule has 0 unspecified atom stereocenters. The van der Waals surface area contributed by atoms with Crippen LogP contribution in [-0.2, 0) is 34.0 Å². The molecule has 6 nitrogen and oxygen atoms in total. The molecule has 2 aromatic carbocycles. The van der Waals surface area contributed by atoms with E-state index in [1.54, 1.807) is 0 Å². The average molecular weight is 550 g/mol. The summed E-state index contributed by atoms with van der Waals surface area (Å²) in [6, 6.07) is 9.60. The summed E-state index contributed by atoms with van der Waals surface area (Å²) in [6.07, 6.45) is 1.21. The Morgan fingerprint density at radius 2 is 1.79 bits per heavy atom. The van der Waals surface area contributed by atoms with Gasteiger partial charge in [0.25, 0.3) is 0 Å². The second-order valence-corrected chi connectivity index (χ2v) is 12.6. The largest absolute Gasteiger partial charge is 0.416 e. The van der Waals surface area contributed by atoms with Crippen molar-refractivity contribution in [3.63, 3.8) is 0 Å². The van der Waals surface area contributed by atoms with E-state index >= 15 is 0 Å². The number of hydrogen-bond donors (Lipinski definition) is 1. The van der Waals surface area contributed by atoms with Crippen molar-refractivity contribution in [2.24, 2.45) is 0 Å². The van der Waals surface area contributed by atoms with Gasteiger partial charge in [-0.1, -0.05) is 30.7 Å². The van der Waals surface area contributed by atoms with Gasteiger partial charge in [-0.15, -0.1) is 0 Å². The Morgan fingerprint density at radius 3 is 2.53 bits per heavy atom. The Hall–Kier alpha value is -2.43. The van der Waals surface area contributed by atoms with Crippen LogP contribution >= 0.6 is 0 Å². The number of amides is 1. The maximum absolute atomic E-state index is 13.4. The lowest BCUT2D eigenvalue weighted by Crippen LogP contribution is -2.46. The highest BCUT2D eigenvalue weighted by Crippen LogP contribution is 2.34. The van der Waals surface area contributed by atoms with Gasteiger partial charge in [-0.2, -0.15) is 17.5 Å². The average Bonchev–Trinajstić information content (AvgIpc) is 2.86. The molecule has 10 heteroatoms. The van der Waals surface area contributed by atoms with Crippen LogP contribution in [0.15, 0.2) is 47.4 Å². The number of sulfonamides is 1. The van der Waals surface area contributed by atoms with Gasteiger partial charge in [-0.05, 0) is 86.5 Å². The highest BCUT2D eigenvalue weighted by molar-refractivity contribution is 7.89. The zero-order valence-electron chi connectivity index (χ0n) is 21.3. The Bertz CT molecular complexity index is 1280. The van der Waals surface area contributed by atoms with E-state index in [9.17, 15) is 26.4 Å². The van der Waals surface area contributed by atoms with Crippen LogP contribution in [0.3, 0.4) is 0 Å². The molecule has 0 spiro atoms. The third-order valence-electron chi connectivity index (χ3n) is 7.97. The molecule has 1 aliphatic carbocycles. The number of nitrogens with one attached hydrogen (secondary N) is 1. The van der Waals surface area contributed by atoms with Crippen LogP contribution in [0.1, 0.15) is 73.2 Å². The lowest BCUT2D eigenvalue weighted by molar-refractivity contribution is -0.137. The Kier molecular flexibility index (Phi) is 7.84. The van der Waals surface area contributed by atoms with Crippen molar-refractivity contribution < 1.29 is 26.4 Å². The third kappa shape index (κ3) is 5.92. The molecule has 206 valence electrons. The van der Waals surface area contributed by atoms with Gasteiger partial charge in [0.1, 0.15) is 0 Å². The highest BCUT2D eigenvalue weighted by atomic mass is 32.2. The molecule has 2 atom stereocenters. The SMILES string of the molecule is O=C(C[C@@H]1CCCCN1S(=O)(=O)c1cccc(C(F)(F)F)c1)N[C@@H]1CCCc2cc(CN3CCC3)ccc21. The molecule has 2 fully saturated rings. The van der Waals surface area contributed by atoms with Gasteiger partial charge < -0.3 is 5.32 Å². The van der Waals surface area contributed by atoms with Crippen molar-refractivity contribution >= 4 is 15.9 Å². The number of halogens is 3. The Balaban J connectivity index is 1.27. The van der Waals surface area contributed by atoms with Crippen molar-refractivity contribution in [1.82, 2.24) is 14.5 Å². The summed E-state index contributed by atoms with van der Waals surface area (Å²) in [6.45, 7) is 3.40. The van der Waals surface area contributed by atoms with Crippen LogP contribution in [0.5, 0.6) is 0 Å². The quantitative estimate of drug-likeness (QED) is 0.526. The summed E-state index contributed by atoms with van der Waals surface area (Å²) in [4.78, 5) is 15.2. The second kappa shape index (κ2) is 11.0. The lowest BCUT2D eigenvalue weighted by Gasteiger charge is -2.35. The number of alkyl halides is 3. The van der Waals surface area contributed by atoms with Crippen molar-refractivity contribution in [2.45, 2.75) is 81.1 Å². The minimum absolute atomic E-state index is 0.0168. The molecule has 2 saturated heterocycles. The van der Waals surface area contributed by atoms with Crippen LogP contribution < -0.4 is 5.32 Å². The number of hydrogen-bond acceptors (Lipinski definition) is 4. The molecule has 0 saturated carbocycles. The van der Waals surface area contributed by atoms with Gasteiger partial charge in [0.2, 0.25) is 15.9 Å². The first-order valence-corrected chi connectivity index (χ1v) is 14.9. The smallest absolute Gasteiger partial charge is 0.349 e. The number of likely N-dealkylation sites (tertiary alicyclic amines) is 1. The summed E-state index contributed by atoms with van der Waals surface area (Å²) >= 11 is 0. The molecular formula is C28H34F3N3O3S. The summed E-state index contributed by atoms with van der Waals surface area (Å²) in [5, 5.41) is 3.13. The normalized spacial score (nSPS) is 22.9. The van der Waals surface area contributed by atoms with Gasteiger partial charge in [-0.25, -0.2) is 8.42 Å². The number of piperidine rings is 1. The maximum atomic E-state index is 13.4. The zero-order chi connectivity index (χ0) is 26.9. The minimum Gasteiger partial charge on any atom is -0.349 e. The number of rotatable bonds is 7. The Morgan fingerprint density at radius 1 is 0.974 bits per heavy atom. The van der Waals surface area contributed by atoms with Gasteiger partial charge >= 0.3 is 6.18 Å². The van der Waals surface area contributed by atoms with Crippen LogP contribution in [0.2, 0.25) is 0 Å². The van der Waals surface area contributed by atoms with E-state index < -0.39 is 32.7 Å². The van der Waals surface area contributed by atoms with E-state index in [2.05, 4.69) is 28.4 Å². The van der Waals surface area contributed by atoms with Crippen molar-refractivity contribution in [3.8, 4) is 0 Å². The predicted molar refractivity (Wildman–Crippen MR) is 138 cm³/mol. The first-order chi connectivity index (χ1) is 18.1. The number of carbonyl (C=O) groups is 1. The number of nitrogens with zero attached hydrogens (tertiary/aromatic N) is 2. The van der Waals surface area contributed by atoms with E-state index in [0.717, 1.165) is 63.0 Å². The van der Waals surface area contributed by atoms with Crippen molar-refractivity contribution in [1.29, 1.82) is 0 Å². The number of aryl methyl sites for hydroxylation is 1. The first kappa shape index (κ1) is 27.1. The zero-order valence-corrected chi connectivity index (χ0v) is 22.2. The van der Waals surface area contributed by atoms with E-state index in [1.807, 2.05) is 0 Å². The van der Waals surface area contributed by atoms with E-state index in [4.69, 9.17) is 0 Å². The predicted octanol–water partition coefficient (Wildman–Crippen LogP) is 5.04. The standard InChI is InChI=1S/C28H34F3N3O3S/c29-28(30,31)22-7-4-9-24(17-22)38(36,37)34-15-2-1-8-23(34)18-27(35)32-26-10-3-6-21-16-20(11-12-25(21)26)19-33-13-5-14-33/h4,7,9,11-12,16-17,23,26H,1-3,5-6,8,10,13-15,18-19H2,(H,32,35)/t23-,26+/m0/s1. The molecule has 38 heavy (non-hydrogen) atoms.